The number of hydrogen-bond acceptors (Lipinski definition) is 4. The van der Waals surface area contributed by atoms with E-state index in [4.69, 9.17) is 11.6 Å². The minimum atomic E-state index is -0.279. The van der Waals surface area contributed by atoms with Crippen LogP contribution in [0.1, 0.15) is 0 Å². The van der Waals surface area contributed by atoms with Crippen molar-refractivity contribution in [3.63, 3.8) is 0 Å². The summed E-state index contributed by atoms with van der Waals surface area (Å²) in [6.45, 7) is 0. The summed E-state index contributed by atoms with van der Waals surface area (Å²) >= 11 is 7.37. The Balaban J connectivity index is 0.00000147. The fraction of sp³-hybridized carbons (Fsp3) is 0.0769. The quantitative estimate of drug-likeness (QED) is 0.701. The Kier molecular flexibility index (Phi) is 4.56. The first-order chi connectivity index (χ1) is 9.09. The van der Waals surface area contributed by atoms with Crippen LogP contribution in [0.3, 0.4) is 0 Å². The Morgan fingerprint density at radius 1 is 1.45 bits per heavy atom. The molecule has 0 aliphatic heterocycles. The van der Waals surface area contributed by atoms with E-state index in [1.54, 1.807) is 19.2 Å². The maximum absolute atomic E-state index is 12.3. The third kappa shape index (κ3) is 2.40. The van der Waals surface area contributed by atoms with Crippen LogP contribution in [0, 0.1) is 0 Å². The van der Waals surface area contributed by atoms with E-state index in [9.17, 15) is 9.90 Å². The van der Waals surface area contributed by atoms with Gasteiger partial charge in [0.25, 0.3) is 5.56 Å². The Hall–Kier alpha value is -0.850. The van der Waals surface area contributed by atoms with Gasteiger partial charge < -0.3 is 5.11 Å². The fourth-order valence-corrected chi connectivity index (χ4v) is 2.85. The van der Waals surface area contributed by atoms with Gasteiger partial charge in [0.05, 0.1) is 16.0 Å². The topological polar surface area (TPSA) is 55.1 Å². The third-order valence-electron chi connectivity index (χ3n) is 2.97. The molecule has 0 unspecified atom stereocenters. The van der Waals surface area contributed by atoms with Gasteiger partial charge in [0.2, 0.25) is 0 Å². The first-order valence-corrected chi connectivity index (χ1v) is 6.81. The molecule has 0 amide bonds. The maximum atomic E-state index is 12.3. The first-order valence-electron chi connectivity index (χ1n) is 5.49. The van der Waals surface area contributed by atoms with Gasteiger partial charge in [0, 0.05) is 18.8 Å². The molecule has 0 aromatic carbocycles. The predicted octanol–water partition coefficient (Wildman–Crippen LogP) is 2.37. The van der Waals surface area contributed by atoms with Crippen molar-refractivity contribution in [3.05, 3.63) is 44.5 Å². The molecule has 0 saturated carbocycles. The fourth-order valence-electron chi connectivity index (χ4n) is 2.04. The standard InChI is InChI=1S/C13H9ClN2O2S.Na.H/c1-16-12-9(4-8(14)5-15-12)11(17)10(13(16)18)7-2-3-19-6-7;;/h2-6,17H,1H3;;. The van der Waals surface area contributed by atoms with Crippen LogP contribution in [-0.4, -0.2) is 44.2 Å². The number of halogens is 1. The SMILES string of the molecule is Cn1c(=O)c(-c2ccsc2)c(O)c2cc(Cl)cnc21.[NaH]. The molecule has 3 aromatic rings. The van der Waals surface area contributed by atoms with Gasteiger partial charge in [-0.1, -0.05) is 11.6 Å². The molecule has 4 nitrogen and oxygen atoms in total. The number of aromatic nitrogens is 2. The number of pyridine rings is 2. The van der Waals surface area contributed by atoms with Crippen molar-refractivity contribution in [2.24, 2.45) is 7.05 Å². The Morgan fingerprint density at radius 3 is 2.85 bits per heavy atom. The molecule has 0 atom stereocenters. The van der Waals surface area contributed by atoms with Crippen LogP contribution in [-0.2, 0) is 7.05 Å². The van der Waals surface area contributed by atoms with Gasteiger partial charge in [0.15, 0.2) is 0 Å². The van der Waals surface area contributed by atoms with E-state index in [0.717, 1.165) is 0 Å². The van der Waals surface area contributed by atoms with Crippen molar-refractivity contribution in [1.29, 1.82) is 0 Å². The number of rotatable bonds is 1. The molecule has 7 heteroatoms. The van der Waals surface area contributed by atoms with Gasteiger partial charge in [-0.25, -0.2) is 4.98 Å². The zero-order valence-corrected chi connectivity index (χ0v) is 11.5. The molecule has 0 aliphatic carbocycles. The van der Waals surface area contributed by atoms with E-state index in [0.29, 0.717) is 21.6 Å². The Bertz CT molecular complexity index is 830. The molecule has 98 valence electrons. The van der Waals surface area contributed by atoms with Gasteiger partial charge in [0.1, 0.15) is 11.4 Å². The van der Waals surface area contributed by atoms with Crippen LogP contribution in [0.4, 0.5) is 0 Å². The van der Waals surface area contributed by atoms with Gasteiger partial charge in [-0.15, -0.1) is 0 Å². The zero-order chi connectivity index (χ0) is 13.6. The summed E-state index contributed by atoms with van der Waals surface area (Å²) in [5.74, 6) is -0.0773. The zero-order valence-electron chi connectivity index (χ0n) is 9.92. The Labute approximate surface area is 145 Å². The van der Waals surface area contributed by atoms with Crippen molar-refractivity contribution in [1.82, 2.24) is 9.55 Å². The summed E-state index contributed by atoms with van der Waals surface area (Å²) < 4.78 is 1.42. The van der Waals surface area contributed by atoms with Gasteiger partial charge in [-0.3, -0.25) is 9.36 Å². The van der Waals surface area contributed by atoms with Crippen molar-refractivity contribution in [3.8, 4) is 16.9 Å². The number of aryl methyl sites for hydroxylation is 1. The molecule has 0 aliphatic rings. The molecule has 3 aromatic heterocycles. The van der Waals surface area contributed by atoms with Gasteiger partial charge in [-0.2, -0.15) is 11.3 Å². The summed E-state index contributed by atoms with van der Waals surface area (Å²) in [6, 6.07) is 3.40. The first kappa shape index (κ1) is 15.5. The summed E-state index contributed by atoms with van der Waals surface area (Å²) in [5, 5.41) is 14.9. The molecular formula is C13H10ClN2NaO2S. The van der Waals surface area contributed by atoms with Gasteiger partial charge in [-0.05, 0) is 22.9 Å². The second kappa shape index (κ2) is 5.87. The van der Waals surface area contributed by atoms with E-state index in [-0.39, 0.29) is 46.4 Å². The monoisotopic (exact) mass is 316 g/mol. The van der Waals surface area contributed by atoms with Gasteiger partial charge >= 0.3 is 29.6 Å². The number of fused-ring (bicyclic) bond motifs is 1. The average molecular weight is 317 g/mol. The van der Waals surface area contributed by atoms with Crippen LogP contribution in [0.2, 0.25) is 5.02 Å². The molecule has 3 rings (SSSR count). The second-order valence-corrected chi connectivity index (χ2v) is 5.34. The van der Waals surface area contributed by atoms with Crippen LogP contribution >= 0.6 is 22.9 Å². The summed E-state index contributed by atoms with van der Waals surface area (Å²) in [5.41, 5.74) is 1.11. The molecule has 0 radical (unpaired) electrons. The molecular weight excluding hydrogens is 307 g/mol. The van der Waals surface area contributed by atoms with E-state index in [1.807, 2.05) is 10.8 Å². The van der Waals surface area contributed by atoms with E-state index in [1.165, 1.54) is 22.1 Å². The van der Waals surface area contributed by atoms with Crippen molar-refractivity contribution in [2.45, 2.75) is 0 Å². The summed E-state index contributed by atoms with van der Waals surface area (Å²) in [7, 11) is 1.63. The number of aromatic hydroxyl groups is 1. The van der Waals surface area contributed by atoms with E-state index < -0.39 is 0 Å². The van der Waals surface area contributed by atoms with Crippen LogP contribution in [0.15, 0.2) is 33.9 Å². The third-order valence-corrected chi connectivity index (χ3v) is 3.86. The molecule has 20 heavy (non-hydrogen) atoms. The number of hydrogen-bond donors (Lipinski definition) is 1. The van der Waals surface area contributed by atoms with E-state index >= 15 is 0 Å². The van der Waals surface area contributed by atoms with Crippen LogP contribution in [0.25, 0.3) is 22.2 Å². The predicted molar refractivity (Wildman–Crippen MR) is 84.1 cm³/mol. The van der Waals surface area contributed by atoms with Crippen LogP contribution < -0.4 is 5.56 Å². The molecule has 0 saturated heterocycles. The normalized spacial score (nSPS) is 10.5. The molecule has 3 heterocycles. The molecule has 1 N–H and O–H groups in total. The minimum absolute atomic E-state index is 0. The number of thiophene rings is 1. The van der Waals surface area contributed by atoms with E-state index in [2.05, 4.69) is 4.98 Å². The summed E-state index contributed by atoms with van der Waals surface area (Å²) in [4.78, 5) is 16.4. The Morgan fingerprint density at radius 2 is 2.20 bits per heavy atom. The average Bonchev–Trinajstić information content (AvgIpc) is 2.90. The molecule has 0 spiro atoms. The van der Waals surface area contributed by atoms with Crippen LogP contribution in [0.5, 0.6) is 5.75 Å². The van der Waals surface area contributed by atoms with Crippen molar-refractivity contribution < 1.29 is 5.11 Å². The van der Waals surface area contributed by atoms with Crippen molar-refractivity contribution >= 4 is 63.5 Å². The number of nitrogens with zero attached hydrogens (tertiary/aromatic N) is 2. The van der Waals surface area contributed by atoms with Crippen molar-refractivity contribution in [2.75, 3.05) is 0 Å². The molecule has 0 bridgehead atoms. The second-order valence-electron chi connectivity index (χ2n) is 4.12. The molecule has 0 fully saturated rings. The summed E-state index contributed by atoms with van der Waals surface area (Å²) in [6.07, 6.45) is 1.45.